The second-order valence-electron chi connectivity index (χ2n) is 6.92. The Morgan fingerprint density at radius 2 is 1.93 bits per heavy atom. The first-order valence-electron chi connectivity index (χ1n) is 9.68. The Morgan fingerprint density at radius 1 is 1.17 bits per heavy atom. The van der Waals surface area contributed by atoms with Crippen molar-refractivity contribution in [1.82, 2.24) is 10.2 Å². The average molecular weight is 414 g/mol. The van der Waals surface area contributed by atoms with Crippen molar-refractivity contribution in [1.29, 1.82) is 0 Å². The Labute approximate surface area is 175 Å². The van der Waals surface area contributed by atoms with Gasteiger partial charge in [-0.3, -0.25) is 14.4 Å². The maximum absolute atomic E-state index is 12.5. The minimum absolute atomic E-state index is 0.0837. The minimum atomic E-state index is -0.323. The van der Waals surface area contributed by atoms with Gasteiger partial charge in [0, 0.05) is 42.3 Å². The fraction of sp³-hybridized carbons (Fsp3) is 0.318. The van der Waals surface area contributed by atoms with E-state index in [0.717, 1.165) is 17.7 Å². The molecule has 3 amide bonds. The van der Waals surface area contributed by atoms with Crippen LogP contribution in [0.15, 0.2) is 48.5 Å². The summed E-state index contributed by atoms with van der Waals surface area (Å²) in [5.41, 5.74) is 2.18. The van der Waals surface area contributed by atoms with Gasteiger partial charge in [0.2, 0.25) is 11.8 Å². The predicted molar refractivity (Wildman–Crippen MR) is 113 cm³/mol. The molecule has 1 fully saturated rings. The van der Waals surface area contributed by atoms with Crippen molar-refractivity contribution in [3.8, 4) is 0 Å². The van der Waals surface area contributed by atoms with Crippen LogP contribution in [-0.2, 0) is 16.1 Å². The third kappa shape index (κ3) is 5.35. The fourth-order valence-electron chi connectivity index (χ4n) is 3.32. The first kappa shape index (κ1) is 20.9. The Hall–Kier alpha value is -2.86. The van der Waals surface area contributed by atoms with Crippen LogP contribution in [0.3, 0.4) is 0 Å². The number of likely N-dealkylation sites (N-methyl/N-ethyl adjacent to an activating group) is 1. The zero-order chi connectivity index (χ0) is 20.8. The molecule has 0 saturated carbocycles. The van der Waals surface area contributed by atoms with Crippen molar-refractivity contribution in [3.63, 3.8) is 0 Å². The van der Waals surface area contributed by atoms with E-state index in [0.29, 0.717) is 36.6 Å². The lowest BCUT2D eigenvalue weighted by Crippen LogP contribution is -2.39. The van der Waals surface area contributed by atoms with E-state index in [1.165, 1.54) is 0 Å². The van der Waals surface area contributed by atoms with Gasteiger partial charge in [-0.05, 0) is 55.3 Å². The second kappa shape index (κ2) is 9.56. The van der Waals surface area contributed by atoms with E-state index in [2.05, 4.69) is 5.32 Å². The van der Waals surface area contributed by atoms with Crippen LogP contribution < -0.4 is 10.2 Å². The standard InChI is InChI=1S/C22H24ClN3O3/c1-2-25(15-16-5-3-6-18(23)13-16)21(28)14-24-22(29)17-8-10-19(11-9-17)26-12-4-7-20(26)27/h3,5-6,8-11,13H,2,4,7,12,14-15H2,1H3,(H,24,29). The Bertz CT molecular complexity index is 898. The van der Waals surface area contributed by atoms with Crippen LogP contribution in [0.25, 0.3) is 0 Å². The molecule has 29 heavy (non-hydrogen) atoms. The summed E-state index contributed by atoms with van der Waals surface area (Å²) in [5.74, 6) is -0.385. The quantitative estimate of drug-likeness (QED) is 0.757. The first-order chi connectivity index (χ1) is 14.0. The van der Waals surface area contributed by atoms with E-state index in [9.17, 15) is 14.4 Å². The number of carbonyl (C=O) groups excluding carboxylic acids is 3. The Kier molecular flexibility index (Phi) is 6.88. The van der Waals surface area contributed by atoms with Gasteiger partial charge in [0.05, 0.1) is 6.54 Å². The molecule has 2 aromatic carbocycles. The molecule has 152 valence electrons. The van der Waals surface area contributed by atoms with Crippen LogP contribution >= 0.6 is 11.6 Å². The van der Waals surface area contributed by atoms with E-state index in [4.69, 9.17) is 11.6 Å². The molecule has 1 saturated heterocycles. The number of nitrogens with zero attached hydrogens (tertiary/aromatic N) is 2. The molecule has 3 rings (SSSR count). The van der Waals surface area contributed by atoms with Crippen molar-refractivity contribution in [3.05, 3.63) is 64.7 Å². The molecule has 1 aliphatic heterocycles. The summed E-state index contributed by atoms with van der Waals surface area (Å²) >= 11 is 6.00. The summed E-state index contributed by atoms with van der Waals surface area (Å²) in [5, 5.41) is 3.30. The van der Waals surface area contributed by atoms with Crippen LogP contribution in [0.5, 0.6) is 0 Å². The number of rotatable bonds is 7. The van der Waals surface area contributed by atoms with Crippen molar-refractivity contribution in [2.45, 2.75) is 26.3 Å². The summed E-state index contributed by atoms with van der Waals surface area (Å²) in [6.07, 6.45) is 1.42. The van der Waals surface area contributed by atoms with Gasteiger partial charge in [-0.15, -0.1) is 0 Å². The van der Waals surface area contributed by atoms with Gasteiger partial charge in [-0.1, -0.05) is 23.7 Å². The molecular weight excluding hydrogens is 390 g/mol. The van der Waals surface area contributed by atoms with Gasteiger partial charge < -0.3 is 15.1 Å². The molecule has 0 spiro atoms. The Morgan fingerprint density at radius 3 is 2.55 bits per heavy atom. The average Bonchev–Trinajstić information content (AvgIpc) is 3.16. The molecular formula is C22H24ClN3O3. The lowest BCUT2D eigenvalue weighted by molar-refractivity contribution is -0.130. The maximum Gasteiger partial charge on any atom is 0.251 e. The second-order valence-corrected chi connectivity index (χ2v) is 7.35. The smallest absolute Gasteiger partial charge is 0.251 e. The summed E-state index contributed by atoms with van der Waals surface area (Å²) < 4.78 is 0. The molecule has 0 radical (unpaired) electrons. The number of hydrogen-bond acceptors (Lipinski definition) is 3. The van der Waals surface area contributed by atoms with Crippen molar-refractivity contribution < 1.29 is 14.4 Å². The van der Waals surface area contributed by atoms with Gasteiger partial charge in [-0.25, -0.2) is 0 Å². The highest BCUT2D eigenvalue weighted by atomic mass is 35.5. The van der Waals surface area contributed by atoms with Crippen LogP contribution in [0.1, 0.15) is 35.7 Å². The van der Waals surface area contributed by atoms with E-state index < -0.39 is 0 Å². The van der Waals surface area contributed by atoms with Gasteiger partial charge in [-0.2, -0.15) is 0 Å². The summed E-state index contributed by atoms with van der Waals surface area (Å²) in [7, 11) is 0. The van der Waals surface area contributed by atoms with Crippen LogP contribution in [0, 0.1) is 0 Å². The molecule has 1 aliphatic rings. The van der Waals surface area contributed by atoms with Crippen LogP contribution in [0.2, 0.25) is 5.02 Å². The molecule has 0 aromatic heterocycles. The summed E-state index contributed by atoms with van der Waals surface area (Å²) in [4.78, 5) is 40.1. The highest BCUT2D eigenvalue weighted by Gasteiger charge is 2.22. The third-order valence-electron chi connectivity index (χ3n) is 4.91. The molecule has 0 unspecified atom stereocenters. The number of benzene rings is 2. The number of amides is 3. The first-order valence-corrected chi connectivity index (χ1v) is 10.1. The fourth-order valence-corrected chi connectivity index (χ4v) is 3.53. The molecule has 0 bridgehead atoms. The van der Waals surface area contributed by atoms with E-state index >= 15 is 0 Å². The SMILES string of the molecule is CCN(Cc1cccc(Cl)c1)C(=O)CNC(=O)c1ccc(N2CCCC2=O)cc1. The zero-order valence-electron chi connectivity index (χ0n) is 16.4. The molecule has 2 aromatic rings. The normalized spacial score (nSPS) is 13.4. The van der Waals surface area contributed by atoms with Crippen LogP contribution in [0.4, 0.5) is 5.69 Å². The zero-order valence-corrected chi connectivity index (χ0v) is 17.1. The Balaban J connectivity index is 1.54. The molecule has 6 nitrogen and oxygen atoms in total. The number of halogens is 1. The highest BCUT2D eigenvalue weighted by molar-refractivity contribution is 6.30. The highest BCUT2D eigenvalue weighted by Crippen LogP contribution is 2.21. The van der Waals surface area contributed by atoms with Gasteiger partial charge >= 0.3 is 0 Å². The minimum Gasteiger partial charge on any atom is -0.343 e. The topological polar surface area (TPSA) is 69.7 Å². The van der Waals surface area contributed by atoms with Crippen molar-refractivity contribution >= 4 is 35.0 Å². The molecule has 1 heterocycles. The van der Waals surface area contributed by atoms with Gasteiger partial charge in [0.15, 0.2) is 0 Å². The van der Waals surface area contributed by atoms with E-state index in [-0.39, 0.29) is 24.3 Å². The summed E-state index contributed by atoms with van der Waals surface area (Å²) in [6, 6.07) is 14.2. The van der Waals surface area contributed by atoms with E-state index in [1.807, 2.05) is 25.1 Å². The van der Waals surface area contributed by atoms with Gasteiger partial charge in [0.25, 0.3) is 5.91 Å². The number of hydrogen-bond donors (Lipinski definition) is 1. The van der Waals surface area contributed by atoms with Gasteiger partial charge in [0.1, 0.15) is 0 Å². The molecule has 0 aliphatic carbocycles. The molecule has 7 heteroatoms. The van der Waals surface area contributed by atoms with Crippen molar-refractivity contribution in [2.75, 3.05) is 24.5 Å². The molecule has 1 N–H and O–H groups in total. The van der Waals surface area contributed by atoms with Crippen molar-refractivity contribution in [2.24, 2.45) is 0 Å². The third-order valence-corrected chi connectivity index (χ3v) is 5.15. The lowest BCUT2D eigenvalue weighted by Gasteiger charge is -2.21. The number of anilines is 1. The van der Waals surface area contributed by atoms with Crippen LogP contribution in [-0.4, -0.2) is 42.3 Å². The van der Waals surface area contributed by atoms with E-state index in [1.54, 1.807) is 40.1 Å². The summed E-state index contributed by atoms with van der Waals surface area (Å²) in [6.45, 7) is 3.48. The lowest BCUT2D eigenvalue weighted by atomic mass is 10.2. The maximum atomic E-state index is 12.5. The predicted octanol–water partition coefficient (Wildman–Crippen LogP) is 3.25. The number of carbonyl (C=O) groups is 3. The number of nitrogens with one attached hydrogen (secondary N) is 1. The molecule has 0 atom stereocenters. The largest absolute Gasteiger partial charge is 0.343 e. The monoisotopic (exact) mass is 413 g/mol.